The maximum atomic E-state index is 8.98. The standard InChI is InChI=1S/C11H13ClN2O/c1-8-2-3-10-9(6-8)13-11(7-12)14(10)4-5-15/h2-3,6,15H,4-5,7H2,1H3. The van der Waals surface area contributed by atoms with Crippen molar-refractivity contribution in [3.63, 3.8) is 0 Å². The second-order valence-corrected chi connectivity index (χ2v) is 3.80. The van der Waals surface area contributed by atoms with Gasteiger partial charge in [0.25, 0.3) is 0 Å². The first-order valence-corrected chi connectivity index (χ1v) is 5.42. The number of nitrogens with zero attached hydrogens (tertiary/aromatic N) is 2. The van der Waals surface area contributed by atoms with E-state index in [2.05, 4.69) is 4.98 Å². The molecular formula is C11H13ClN2O. The third-order valence-electron chi connectivity index (χ3n) is 2.43. The number of imidazole rings is 1. The van der Waals surface area contributed by atoms with Gasteiger partial charge in [-0.1, -0.05) is 6.07 Å². The normalized spacial score (nSPS) is 11.1. The first kappa shape index (κ1) is 10.5. The first-order valence-electron chi connectivity index (χ1n) is 4.89. The Kier molecular flexibility index (Phi) is 2.93. The highest BCUT2D eigenvalue weighted by atomic mass is 35.5. The molecule has 1 aromatic carbocycles. The molecule has 0 bridgehead atoms. The van der Waals surface area contributed by atoms with Crippen molar-refractivity contribution in [3.8, 4) is 0 Å². The topological polar surface area (TPSA) is 38.0 Å². The number of aromatic nitrogens is 2. The second-order valence-electron chi connectivity index (χ2n) is 3.53. The molecule has 4 heteroatoms. The summed E-state index contributed by atoms with van der Waals surface area (Å²) >= 11 is 5.81. The Morgan fingerprint density at radius 1 is 1.47 bits per heavy atom. The minimum Gasteiger partial charge on any atom is -0.395 e. The highest BCUT2D eigenvalue weighted by Crippen LogP contribution is 2.18. The van der Waals surface area contributed by atoms with Gasteiger partial charge in [-0.15, -0.1) is 11.6 Å². The van der Waals surface area contributed by atoms with E-state index in [0.717, 1.165) is 16.9 Å². The molecule has 2 aromatic rings. The summed E-state index contributed by atoms with van der Waals surface area (Å²) < 4.78 is 1.96. The van der Waals surface area contributed by atoms with E-state index in [-0.39, 0.29) is 6.61 Å². The molecule has 0 aliphatic carbocycles. The number of halogens is 1. The second kappa shape index (κ2) is 4.21. The SMILES string of the molecule is Cc1ccc2c(c1)nc(CCl)n2CCO. The zero-order valence-electron chi connectivity index (χ0n) is 8.57. The zero-order valence-corrected chi connectivity index (χ0v) is 9.33. The van der Waals surface area contributed by atoms with E-state index in [1.54, 1.807) is 0 Å². The molecule has 0 atom stereocenters. The van der Waals surface area contributed by atoms with E-state index in [4.69, 9.17) is 16.7 Å². The Bertz CT molecular complexity index is 479. The molecule has 0 spiro atoms. The number of hydrogen-bond acceptors (Lipinski definition) is 2. The maximum Gasteiger partial charge on any atom is 0.124 e. The summed E-state index contributed by atoms with van der Waals surface area (Å²) in [6, 6.07) is 6.08. The summed E-state index contributed by atoms with van der Waals surface area (Å²) in [6.45, 7) is 2.68. The van der Waals surface area contributed by atoms with Crippen LogP contribution in [-0.4, -0.2) is 21.3 Å². The molecule has 2 rings (SSSR count). The van der Waals surface area contributed by atoms with Crippen LogP contribution in [0.3, 0.4) is 0 Å². The van der Waals surface area contributed by atoms with Gasteiger partial charge >= 0.3 is 0 Å². The Balaban J connectivity index is 2.63. The molecule has 1 N–H and O–H groups in total. The van der Waals surface area contributed by atoms with Crippen LogP contribution in [0.15, 0.2) is 18.2 Å². The lowest BCUT2D eigenvalue weighted by molar-refractivity contribution is 0.276. The molecule has 1 aromatic heterocycles. The predicted molar refractivity (Wildman–Crippen MR) is 61.1 cm³/mol. The van der Waals surface area contributed by atoms with E-state index in [1.807, 2.05) is 29.7 Å². The van der Waals surface area contributed by atoms with Gasteiger partial charge in [0.2, 0.25) is 0 Å². The molecular weight excluding hydrogens is 212 g/mol. The molecule has 15 heavy (non-hydrogen) atoms. The molecule has 0 saturated carbocycles. The van der Waals surface area contributed by atoms with Gasteiger partial charge < -0.3 is 9.67 Å². The fourth-order valence-electron chi connectivity index (χ4n) is 1.74. The largest absolute Gasteiger partial charge is 0.395 e. The van der Waals surface area contributed by atoms with Gasteiger partial charge in [-0.3, -0.25) is 0 Å². The van der Waals surface area contributed by atoms with E-state index >= 15 is 0 Å². The fourth-order valence-corrected chi connectivity index (χ4v) is 1.95. The number of aryl methyl sites for hydroxylation is 1. The van der Waals surface area contributed by atoms with Crippen molar-refractivity contribution in [2.45, 2.75) is 19.3 Å². The molecule has 3 nitrogen and oxygen atoms in total. The first-order chi connectivity index (χ1) is 7.26. The van der Waals surface area contributed by atoms with Crippen LogP contribution in [0, 0.1) is 6.92 Å². The number of benzene rings is 1. The van der Waals surface area contributed by atoms with Crippen molar-refractivity contribution in [2.75, 3.05) is 6.61 Å². The van der Waals surface area contributed by atoms with Crippen LogP contribution >= 0.6 is 11.6 Å². The van der Waals surface area contributed by atoms with Crippen molar-refractivity contribution in [2.24, 2.45) is 0 Å². The van der Waals surface area contributed by atoms with Crippen LogP contribution in [0.5, 0.6) is 0 Å². The van der Waals surface area contributed by atoms with Gasteiger partial charge in [-0.2, -0.15) is 0 Å². The van der Waals surface area contributed by atoms with E-state index < -0.39 is 0 Å². The molecule has 1 heterocycles. The summed E-state index contributed by atoms with van der Waals surface area (Å²) in [5, 5.41) is 8.98. The summed E-state index contributed by atoms with van der Waals surface area (Å²) in [6.07, 6.45) is 0. The number of alkyl halides is 1. The Morgan fingerprint density at radius 3 is 2.93 bits per heavy atom. The number of rotatable bonds is 3. The smallest absolute Gasteiger partial charge is 0.124 e. The molecule has 80 valence electrons. The van der Waals surface area contributed by atoms with E-state index in [1.165, 1.54) is 5.56 Å². The molecule has 0 unspecified atom stereocenters. The molecule has 0 aliphatic rings. The Morgan fingerprint density at radius 2 is 2.27 bits per heavy atom. The minimum absolute atomic E-state index is 0.100. The molecule has 0 saturated heterocycles. The molecule has 0 fully saturated rings. The van der Waals surface area contributed by atoms with Crippen LogP contribution in [0.25, 0.3) is 11.0 Å². The predicted octanol–water partition coefficient (Wildman–Crippen LogP) is 2.08. The maximum absolute atomic E-state index is 8.98. The van der Waals surface area contributed by atoms with Crippen LogP contribution < -0.4 is 0 Å². The Hall–Kier alpha value is -1.06. The summed E-state index contributed by atoms with van der Waals surface area (Å²) in [4.78, 5) is 4.43. The van der Waals surface area contributed by atoms with Crippen molar-refractivity contribution < 1.29 is 5.11 Å². The number of aliphatic hydroxyl groups excluding tert-OH is 1. The van der Waals surface area contributed by atoms with E-state index in [9.17, 15) is 0 Å². The third-order valence-corrected chi connectivity index (χ3v) is 2.66. The van der Waals surface area contributed by atoms with Crippen molar-refractivity contribution in [3.05, 3.63) is 29.6 Å². The highest BCUT2D eigenvalue weighted by Gasteiger charge is 2.08. The lowest BCUT2D eigenvalue weighted by Gasteiger charge is -2.04. The van der Waals surface area contributed by atoms with Crippen LogP contribution in [0.4, 0.5) is 0 Å². The zero-order chi connectivity index (χ0) is 10.8. The quantitative estimate of drug-likeness (QED) is 0.811. The third kappa shape index (κ3) is 1.85. The van der Waals surface area contributed by atoms with Gasteiger partial charge in [-0.05, 0) is 24.6 Å². The van der Waals surface area contributed by atoms with Crippen molar-refractivity contribution in [1.82, 2.24) is 9.55 Å². The summed E-state index contributed by atoms with van der Waals surface area (Å²) in [7, 11) is 0. The van der Waals surface area contributed by atoms with Gasteiger partial charge in [0.05, 0.1) is 23.5 Å². The monoisotopic (exact) mass is 224 g/mol. The average Bonchev–Trinajstić information content (AvgIpc) is 2.56. The highest BCUT2D eigenvalue weighted by molar-refractivity contribution is 6.16. The van der Waals surface area contributed by atoms with Crippen molar-refractivity contribution >= 4 is 22.6 Å². The lowest BCUT2D eigenvalue weighted by Crippen LogP contribution is -2.05. The van der Waals surface area contributed by atoms with Gasteiger partial charge in [0.15, 0.2) is 0 Å². The molecule has 0 radical (unpaired) electrons. The summed E-state index contributed by atoms with van der Waals surface area (Å²) in [5.41, 5.74) is 3.15. The van der Waals surface area contributed by atoms with Gasteiger partial charge in [0, 0.05) is 6.54 Å². The van der Waals surface area contributed by atoms with Gasteiger partial charge in [0.1, 0.15) is 5.82 Å². The van der Waals surface area contributed by atoms with Gasteiger partial charge in [-0.25, -0.2) is 4.98 Å². The number of hydrogen-bond donors (Lipinski definition) is 1. The Labute approximate surface area is 93.3 Å². The molecule has 0 aliphatic heterocycles. The van der Waals surface area contributed by atoms with Crippen LogP contribution in [0.2, 0.25) is 0 Å². The molecule has 0 amide bonds. The average molecular weight is 225 g/mol. The number of aliphatic hydroxyl groups is 1. The summed E-state index contributed by atoms with van der Waals surface area (Å²) in [5.74, 6) is 1.18. The number of fused-ring (bicyclic) bond motifs is 1. The van der Waals surface area contributed by atoms with Crippen LogP contribution in [-0.2, 0) is 12.4 Å². The van der Waals surface area contributed by atoms with E-state index in [0.29, 0.717) is 12.4 Å². The lowest BCUT2D eigenvalue weighted by atomic mass is 10.2. The van der Waals surface area contributed by atoms with Crippen molar-refractivity contribution in [1.29, 1.82) is 0 Å². The fraction of sp³-hybridized carbons (Fsp3) is 0.364. The minimum atomic E-state index is 0.100. The van der Waals surface area contributed by atoms with Crippen LogP contribution in [0.1, 0.15) is 11.4 Å².